The van der Waals surface area contributed by atoms with Crippen molar-refractivity contribution in [2.75, 3.05) is 5.75 Å². The van der Waals surface area contributed by atoms with Gasteiger partial charge in [-0.1, -0.05) is 13.0 Å². The van der Waals surface area contributed by atoms with E-state index in [0.29, 0.717) is 18.9 Å². The molecule has 1 saturated carbocycles. The summed E-state index contributed by atoms with van der Waals surface area (Å²) < 4.78 is 93.1. The molecule has 2 aromatic rings. The molecule has 2 N–H and O–H groups in total. The molecule has 1 aliphatic carbocycles. The maximum absolute atomic E-state index is 14.8. The third-order valence-electron chi connectivity index (χ3n) is 7.60. The van der Waals surface area contributed by atoms with Crippen LogP contribution in [-0.4, -0.2) is 54.0 Å². The van der Waals surface area contributed by atoms with E-state index in [1.54, 1.807) is 13.8 Å². The lowest BCUT2D eigenvalue weighted by molar-refractivity contribution is -0.140. The number of sulfone groups is 1. The lowest BCUT2D eigenvalue weighted by Gasteiger charge is -2.30. The summed E-state index contributed by atoms with van der Waals surface area (Å²) in [5, 5.41) is 11.5. The van der Waals surface area contributed by atoms with E-state index in [4.69, 9.17) is 5.11 Å². The molecule has 2 fully saturated rings. The van der Waals surface area contributed by atoms with Crippen LogP contribution < -0.4 is 5.32 Å². The zero-order valence-electron chi connectivity index (χ0n) is 21.9. The highest BCUT2D eigenvalue weighted by atomic mass is 32.2. The lowest BCUT2D eigenvalue weighted by atomic mass is 9.98. The summed E-state index contributed by atoms with van der Waals surface area (Å²) in [4.78, 5) is 38.9. The number of halogens is 5. The lowest BCUT2D eigenvalue weighted by Crippen LogP contribution is -2.49. The molecular weight excluding hydrogens is 575 g/mol. The van der Waals surface area contributed by atoms with Crippen molar-refractivity contribution in [3.63, 3.8) is 0 Å². The Kier molecular flexibility index (Phi) is 8.18. The normalized spacial score (nSPS) is 21.9. The molecule has 8 nitrogen and oxygen atoms in total. The second-order valence-corrected chi connectivity index (χ2v) is 12.5. The third kappa shape index (κ3) is 6.36. The highest BCUT2D eigenvalue weighted by Crippen LogP contribution is 2.44. The molecule has 1 aliphatic heterocycles. The van der Waals surface area contributed by atoms with Crippen molar-refractivity contribution in [3.05, 3.63) is 64.7 Å². The van der Waals surface area contributed by atoms with E-state index < -0.39 is 80.4 Å². The van der Waals surface area contributed by atoms with Gasteiger partial charge in [0.1, 0.15) is 17.7 Å². The molecule has 4 rings (SSSR count). The number of carbonyl (C=O) groups excluding carboxylic acids is 2. The molecule has 1 saturated heterocycles. The monoisotopic (exact) mass is 602 g/mol. The molecule has 0 spiro atoms. The Morgan fingerprint density at radius 3 is 2.32 bits per heavy atom. The highest BCUT2D eigenvalue weighted by molar-refractivity contribution is 7.92. The highest BCUT2D eigenvalue weighted by Gasteiger charge is 2.46. The first-order valence-electron chi connectivity index (χ1n) is 12.7. The van der Waals surface area contributed by atoms with Crippen LogP contribution in [0.1, 0.15) is 60.6 Å². The molecule has 2 aromatic carbocycles. The smallest absolute Gasteiger partial charge is 0.419 e. The Labute approximate surface area is 232 Å². The van der Waals surface area contributed by atoms with E-state index in [-0.39, 0.29) is 34.8 Å². The number of hydrogen-bond acceptors (Lipinski definition) is 5. The molecule has 41 heavy (non-hydrogen) atoms. The van der Waals surface area contributed by atoms with E-state index >= 15 is 0 Å². The van der Waals surface area contributed by atoms with E-state index in [1.807, 2.05) is 0 Å². The van der Waals surface area contributed by atoms with Crippen molar-refractivity contribution < 1.29 is 49.9 Å². The van der Waals surface area contributed by atoms with Gasteiger partial charge in [-0.3, -0.25) is 14.4 Å². The van der Waals surface area contributed by atoms with E-state index in [2.05, 4.69) is 5.32 Å². The van der Waals surface area contributed by atoms with Crippen LogP contribution in [0.4, 0.5) is 22.0 Å². The summed E-state index contributed by atoms with van der Waals surface area (Å²) in [7, 11) is -4.25. The van der Waals surface area contributed by atoms with E-state index in [1.165, 1.54) is 17.0 Å². The summed E-state index contributed by atoms with van der Waals surface area (Å²) >= 11 is 0. The van der Waals surface area contributed by atoms with Gasteiger partial charge >= 0.3 is 12.1 Å². The first-order chi connectivity index (χ1) is 19.0. The number of carboxylic acids is 1. The Bertz CT molecular complexity index is 1490. The summed E-state index contributed by atoms with van der Waals surface area (Å²) in [6, 6.07) is 2.53. The minimum absolute atomic E-state index is 0.0626. The van der Waals surface area contributed by atoms with E-state index in [0.717, 1.165) is 12.1 Å². The molecular formula is C27H27F5N2O6S. The standard InChI is InChI=1S/C27H27F5N2O6S/c1-13-8-22(34(14(13)2)26(38)16-4-3-5-17(9-16)41(39,40)12-23(35)36)25(37)33-24(15-6-7-15)18-10-21(29)19(11-20(18)28)27(30,31)32/h3-5,9-11,13-15,22,24H,6-8,12H2,1-2H3,(H,33,37)(H,35,36)/t13-,14-,22-,24-/m1/s1. The summed E-state index contributed by atoms with van der Waals surface area (Å²) in [6.45, 7) is 3.47. The molecule has 1 heterocycles. The minimum Gasteiger partial charge on any atom is -0.480 e. The Balaban J connectivity index is 1.62. The van der Waals surface area contributed by atoms with E-state index in [9.17, 15) is 44.8 Å². The van der Waals surface area contributed by atoms with Gasteiger partial charge in [-0.25, -0.2) is 17.2 Å². The molecule has 222 valence electrons. The SMILES string of the molecule is C[C@@H]1C[C@H](C(=O)N[C@@H](c2cc(F)c(C(F)(F)F)cc2F)C2CC2)N(C(=O)c2cccc(S(=O)(=O)CC(=O)O)c2)[C@@H]1C. The van der Waals surface area contributed by atoms with Gasteiger partial charge in [0, 0.05) is 17.2 Å². The fourth-order valence-electron chi connectivity index (χ4n) is 5.14. The first-order valence-corrected chi connectivity index (χ1v) is 14.4. The molecule has 0 aromatic heterocycles. The van der Waals surface area contributed by atoms with Gasteiger partial charge in [0.05, 0.1) is 16.5 Å². The largest absolute Gasteiger partial charge is 0.480 e. The molecule has 0 unspecified atom stereocenters. The number of aliphatic carboxylic acids is 1. The third-order valence-corrected chi connectivity index (χ3v) is 9.20. The van der Waals surface area contributed by atoms with Gasteiger partial charge in [0.2, 0.25) is 5.91 Å². The first kappa shape index (κ1) is 30.4. The Morgan fingerprint density at radius 2 is 1.73 bits per heavy atom. The van der Waals surface area contributed by atoms with Crippen LogP contribution in [0.15, 0.2) is 41.3 Å². The molecule has 0 bridgehead atoms. The number of carbonyl (C=O) groups is 3. The number of rotatable bonds is 8. The van der Waals surface area contributed by atoms with Crippen molar-refractivity contribution in [2.24, 2.45) is 11.8 Å². The average molecular weight is 603 g/mol. The minimum atomic E-state index is -5.11. The van der Waals surface area contributed by atoms with Crippen LogP contribution in [0.2, 0.25) is 0 Å². The van der Waals surface area contributed by atoms with Gasteiger partial charge < -0.3 is 15.3 Å². The predicted molar refractivity (Wildman–Crippen MR) is 134 cm³/mol. The number of alkyl halides is 3. The second kappa shape index (κ2) is 11.0. The number of nitrogens with zero attached hydrogens (tertiary/aromatic N) is 1. The number of hydrogen-bond donors (Lipinski definition) is 2. The number of benzene rings is 2. The average Bonchev–Trinajstić information content (AvgIpc) is 3.67. The van der Waals surface area contributed by atoms with Gasteiger partial charge in [-0.2, -0.15) is 13.2 Å². The summed E-state index contributed by atoms with van der Waals surface area (Å²) in [5.74, 6) is -7.73. The zero-order valence-corrected chi connectivity index (χ0v) is 22.7. The van der Waals surface area contributed by atoms with Crippen molar-refractivity contribution in [3.8, 4) is 0 Å². The van der Waals surface area contributed by atoms with Crippen LogP contribution in [0.5, 0.6) is 0 Å². The maximum Gasteiger partial charge on any atom is 0.419 e. The van der Waals surface area contributed by atoms with Crippen molar-refractivity contribution in [2.45, 2.75) is 62.3 Å². The second-order valence-electron chi connectivity index (χ2n) is 10.5. The fourth-order valence-corrected chi connectivity index (χ4v) is 6.23. The molecule has 2 aliphatic rings. The van der Waals surface area contributed by atoms with Crippen molar-refractivity contribution >= 4 is 27.6 Å². The molecule has 4 atom stereocenters. The van der Waals surface area contributed by atoms with Crippen LogP contribution in [-0.2, 0) is 25.6 Å². The summed E-state index contributed by atoms with van der Waals surface area (Å²) in [5.41, 5.74) is -2.30. The number of carboxylic acid groups (broad SMARTS) is 1. The quantitative estimate of drug-likeness (QED) is 0.434. The molecule has 2 amide bonds. The van der Waals surface area contributed by atoms with Crippen molar-refractivity contribution in [1.29, 1.82) is 0 Å². The zero-order chi connectivity index (χ0) is 30.4. The van der Waals surface area contributed by atoms with Crippen LogP contribution in [0.25, 0.3) is 0 Å². The summed E-state index contributed by atoms with van der Waals surface area (Å²) in [6.07, 6.45) is -3.89. The van der Waals surface area contributed by atoms with Crippen LogP contribution in [0.3, 0.4) is 0 Å². The van der Waals surface area contributed by atoms with Gasteiger partial charge in [0.15, 0.2) is 15.6 Å². The van der Waals surface area contributed by atoms with Crippen LogP contribution in [0, 0.1) is 23.5 Å². The number of amides is 2. The van der Waals surface area contributed by atoms with Crippen molar-refractivity contribution in [1.82, 2.24) is 10.2 Å². The van der Waals surface area contributed by atoms with Gasteiger partial charge in [0.25, 0.3) is 5.91 Å². The van der Waals surface area contributed by atoms with Gasteiger partial charge in [-0.15, -0.1) is 0 Å². The molecule has 14 heteroatoms. The van der Waals surface area contributed by atoms with Gasteiger partial charge in [-0.05, 0) is 68.4 Å². The Morgan fingerprint density at radius 1 is 1.07 bits per heavy atom. The number of nitrogens with one attached hydrogen (secondary N) is 1. The maximum atomic E-state index is 14.8. The van der Waals surface area contributed by atoms with Crippen LogP contribution >= 0.6 is 0 Å². The molecule has 0 radical (unpaired) electrons. The number of likely N-dealkylation sites (tertiary alicyclic amines) is 1. The topological polar surface area (TPSA) is 121 Å². The fraction of sp³-hybridized carbons (Fsp3) is 0.444. The Hall–Kier alpha value is -3.55. The predicted octanol–water partition coefficient (Wildman–Crippen LogP) is 4.35.